The largest absolute Gasteiger partial charge is 0.467 e. The summed E-state index contributed by atoms with van der Waals surface area (Å²) in [7, 11) is 1.34. The Morgan fingerprint density at radius 1 is 1.61 bits per heavy atom. The van der Waals surface area contributed by atoms with E-state index >= 15 is 0 Å². The van der Waals surface area contributed by atoms with Crippen molar-refractivity contribution in [2.45, 2.75) is 13.1 Å². The number of furan rings is 1. The first kappa shape index (κ1) is 12.3. The highest BCUT2D eigenvalue weighted by Crippen LogP contribution is 2.08. The van der Waals surface area contributed by atoms with E-state index in [0.717, 1.165) is 13.1 Å². The van der Waals surface area contributed by atoms with Gasteiger partial charge in [-0.2, -0.15) is 0 Å². The second-order valence-corrected chi connectivity index (χ2v) is 3.64. The van der Waals surface area contributed by atoms with Crippen LogP contribution in [0, 0.1) is 0 Å². The van der Waals surface area contributed by atoms with Crippen LogP contribution in [-0.4, -0.2) is 34.6 Å². The lowest BCUT2D eigenvalue weighted by molar-refractivity contribution is 0.0600. The van der Waals surface area contributed by atoms with Gasteiger partial charge >= 0.3 is 5.97 Å². The molecule has 0 saturated heterocycles. The molecule has 0 aliphatic rings. The standard InChI is InChI=1S/C11H14N4O3/c1-17-11(16)9-6-10(18-8-9)7-12-2-4-15-5-3-13-14-15/h3,5-6,8,12H,2,4,7H2,1H3. The zero-order valence-electron chi connectivity index (χ0n) is 10.00. The summed E-state index contributed by atoms with van der Waals surface area (Å²) in [4.78, 5) is 11.2. The molecular weight excluding hydrogens is 236 g/mol. The fraction of sp³-hybridized carbons (Fsp3) is 0.364. The van der Waals surface area contributed by atoms with Gasteiger partial charge in [-0.15, -0.1) is 5.10 Å². The van der Waals surface area contributed by atoms with Gasteiger partial charge in [0.25, 0.3) is 0 Å². The van der Waals surface area contributed by atoms with Crippen LogP contribution in [0.2, 0.25) is 0 Å². The van der Waals surface area contributed by atoms with Gasteiger partial charge in [-0.3, -0.25) is 4.68 Å². The molecule has 0 saturated carbocycles. The van der Waals surface area contributed by atoms with Crippen molar-refractivity contribution < 1.29 is 13.9 Å². The third-order valence-corrected chi connectivity index (χ3v) is 2.36. The van der Waals surface area contributed by atoms with Gasteiger partial charge in [0, 0.05) is 12.7 Å². The molecule has 0 unspecified atom stereocenters. The molecule has 0 amide bonds. The van der Waals surface area contributed by atoms with Crippen LogP contribution in [-0.2, 0) is 17.8 Å². The molecule has 1 N–H and O–H groups in total. The molecule has 18 heavy (non-hydrogen) atoms. The smallest absolute Gasteiger partial charge is 0.341 e. The minimum absolute atomic E-state index is 0.396. The van der Waals surface area contributed by atoms with Crippen LogP contribution in [0.4, 0.5) is 0 Å². The van der Waals surface area contributed by atoms with Gasteiger partial charge in [0.15, 0.2) is 0 Å². The predicted octanol–water partition coefficient (Wildman–Crippen LogP) is 0.447. The molecule has 2 aromatic heterocycles. The average Bonchev–Trinajstić information content (AvgIpc) is 3.05. The molecule has 0 spiro atoms. The average molecular weight is 250 g/mol. The fourth-order valence-corrected chi connectivity index (χ4v) is 1.46. The fourth-order valence-electron chi connectivity index (χ4n) is 1.46. The van der Waals surface area contributed by atoms with E-state index in [-0.39, 0.29) is 0 Å². The molecule has 7 nitrogen and oxygen atoms in total. The number of esters is 1. The molecule has 0 aliphatic carbocycles. The first-order valence-corrected chi connectivity index (χ1v) is 5.50. The maximum atomic E-state index is 11.2. The topological polar surface area (TPSA) is 82.2 Å². The van der Waals surface area contributed by atoms with Crippen molar-refractivity contribution in [1.29, 1.82) is 0 Å². The number of hydrogen-bond donors (Lipinski definition) is 1. The summed E-state index contributed by atoms with van der Waals surface area (Å²) >= 11 is 0. The minimum atomic E-state index is -0.396. The van der Waals surface area contributed by atoms with Gasteiger partial charge in [-0.25, -0.2) is 4.79 Å². The zero-order valence-corrected chi connectivity index (χ0v) is 10.00. The van der Waals surface area contributed by atoms with Crippen molar-refractivity contribution in [1.82, 2.24) is 20.3 Å². The van der Waals surface area contributed by atoms with Crippen molar-refractivity contribution in [2.24, 2.45) is 0 Å². The van der Waals surface area contributed by atoms with Gasteiger partial charge < -0.3 is 14.5 Å². The van der Waals surface area contributed by atoms with E-state index in [4.69, 9.17) is 4.42 Å². The maximum absolute atomic E-state index is 11.2. The molecule has 0 radical (unpaired) electrons. The normalized spacial score (nSPS) is 10.5. The Balaban J connectivity index is 1.73. The second kappa shape index (κ2) is 5.97. The van der Waals surface area contributed by atoms with E-state index in [1.807, 2.05) is 0 Å². The van der Waals surface area contributed by atoms with Crippen molar-refractivity contribution in [3.05, 3.63) is 36.0 Å². The van der Waals surface area contributed by atoms with Crippen LogP contribution in [0.25, 0.3) is 0 Å². The van der Waals surface area contributed by atoms with E-state index in [9.17, 15) is 4.79 Å². The second-order valence-electron chi connectivity index (χ2n) is 3.64. The highest BCUT2D eigenvalue weighted by molar-refractivity contribution is 5.88. The lowest BCUT2D eigenvalue weighted by atomic mass is 10.3. The van der Waals surface area contributed by atoms with Gasteiger partial charge in [-0.05, 0) is 6.07 Å². The lowest BCUT2D eigenvalue weighted by Crippen LogP contribution is -2.19. The summed E-state index contributed by atoms with van der Waals surface area (Å²) < 4.78 is 11.5. The quantitative estimate of drug-likeness (QED) is 0.592. The Labute approximate surface area is 104 Å². The third-order valence-electron chi connectivity index (χ3n) is 2.36. The van der Waals surface area contributed by atoms with Crippen LogP contribution < -0.4 is 5.32 Å². The number of nitrogens with one attached hydrogen (secondary N) is 1. The number of aromatic nitrogens is 3. The molecule has 0 atom stereocenters. The highest BCUT2D eigenvalue weighted by atomic mass is 16.5. The number of carbonyl (C=O) groups is 1. The SMILES string of the molecule is COC(=O)c1coc(CNCCn2ccnn2)c1. The van der Waals surface area contributed by atoms with Crippen LogP contribution in [0.1, 0.15) is 16.1 Å². The Kier molecular flexibility index (Phi) is 4.08. The molecule has 96 valence electrons. The van der Waals surface area contributed by atoms with Gasteiger partial charge in [0.1, 0.15) is 12.0 Å². The molecule has 2 rings (SSSR count). The zero-order chi connectivity index (χ0) is 12.8. The first-order chi connectivity index (χ1) is 8.79. The molecule has 0 aromatic carbocycles. The molecule has 0 fully saturated rings. The molecule has 0 aliphatic heterocycles. The first-order valence-electron chi connectivity index (χ1n) is 5.50. The van der Waals surface area contributed by atoms with E-state index in [2.05, 4.69) is 20.4 Å². The van der Waals surface area contributed by atoms with Crippen molar-refractivity contribution in [3.63, 3.8) is 0 Å². The predicted molar refractivity (Wildman–Crippen MR) is 61.8 cm³/mol. The van der Waals surface area contributed by atoms with Crippen molar-refractivity contribution >= 4 is 5.97 Å². The number of carbonyl (C=O) groups excluding carboxylic acids is 1. The number of methoxy groups -OCH3 is 1. The Morgan fingerprint density at radius 3 is 3.22 bits per heavy atom. The molecule has 2 aromatic rings. The summed E-state index contributed by atoms with van der Waals surface area (Å²) in [5.74, 6) is 0.293. The van der Waals surface area contributed by atoms with Crippen molar-refractivity contribution in [3.8, 4) is 0 Å². The van der Waals surface area contributed by atoms with Crippen LogP contribution in [0.5, 0.6) is 0 Å². The Bertz CT molecular complexity index is 492. The summed E-state index contributed by atoms with van der Waals surface area (Å²) in [6, 6.07) is 1.66. The monoisotopic (exact) mass is 250 g/mol. The molecule has 0 bridgehead atoms. The lowest BCUT2D eigenvalue weighted by Gasteiger charge is -2.01. The van der Waals surface area contributed by atoms with Gasteiger partial charge in [0.2, 0.25) is 0 Å². The maximum Gasteiger partial charge on any atom is 0.341 e. The van der Waals surface area contributed by atoms with E-state index in [1.54, 1.807) is 23.1 Å². The van der Waals surface area contributed by atoms with Crippen LogP contribution in [0.15, 0.2) is 29.1 Å². The number of nitrogens with zero attached hydrogens (tertiary/aromatic N) is 3. The number of ether oxygens (including phenoxy) is 1. The van der Waals surface area contributed by atoms with E-state index < -0.39 is 5.97 Å². The van der Waals surface area contributed by atoms with Gasteiger partial charge in [-0.1, -0.05) is 5.21 Å². The Hall–Kier alpha value is -2.15. The van der Waals surface area contributed by atoms with Crippen LogP contribution in [0.3, 0.4) is 0 Å². The van der Waals surface area contributed by atoms with E-state index in [0.29, 0.717) is 17.9 Å². The third kappa shape index (κ3) is 3.17. The van der Waals surface area contributed by atoms with Crippen molar-refractivity contribution in [2.75, 3.05) is 13.7 Å². The minimum Gasteiger partial charge on any atom is -0.467 e. The number of rotatable bonds is 6. The summed E-state index contributed by atoms with van der Waals surface area (Å²) in [6.45, 7) is 2.01. The van der Waals surface area contributed by atoms with E-state index in [1.165, 1.54) is 13.4 Å². The molecule has 7 heteroatoms. The molecular formula is C11H14N4O3. The summed E-state index contributed by atoms with van der Waals surface area (Å²) in [5, 5.41) is 10.7. The van der Waals surface area contributed by atoms with Gasteiger partial charge in [0.05, 0.1) is 32.0 Å². The molecule has 2 heterocycles. The highest BCUT2D eigenvalue weighted by Gasteiger charge is 2.09. The summed E-state index contributed by atoms with van der Waals surface area (Å²) in [6.07, 6.45) is 4.82. The van der Waals surface area contributed by atoms with Crippen LogP contribution >= 0.6 is 0 Å². The summed E-state index contributed by atoms with van der Waals surface area (Å²) in [5.41, 5.74) is 0.422. The Morgan fingerprint density at radius 2 is 2.50 bits per heavy atom. The number of hydrogen-bond acceptors (Lipinski definition) is 6.